The number of sulfonamides is 1. The molecule has 0 bridgehead atoms. The molecule has 0 aliphatic heterocycles. The predicted molar refractivity (Wildman–Crippen MR) is 88.8 cm³/mol. The van der Waals surface area contributed by atoms with E-state index >= 15 is 0 Å². The van der Waals surface area contributed by atoms with Crippen LogP contribution in [0.2, 0.25) is 0 Å². The molecule has 1 aromatic heterocycles. The van der Waals surface area contributed by atoms with Gasteiger partial charge in [0.25, 0.3) is 0 Å². The van der Waals surface area contributed by atoms with Gasteiger partial charge in [-0.05, 0) is 49.6 Å². The zero-order valence-electron chi connectivity index (χ0n) is 13.4. The third-order valence-electron chi connectivity index (χ3n) is 3.37. The lowest BCUT2D eigenvalue weighted by atomic mass is 10.2. The molecule has 0 radical (unpaired) electrons. The maximum absolute atomic E-state index is 13.1. The Morgan fingerprint density at radius 3 is 2.57 bits per heavy atom. The first-order valence-corrected chi connectivity index (χ1v) is 9.00. The van der Waals surface area contributed by atoms with Crippen LogP contribution in [0.15, 0.2) is 30.3 Å². The highest BCUT2D eigenvalue weighted by molar-refractivity contribution is 7.88. The summed E-state index contributed by atoms with van der Waals surface area (Å²) in [5.41, 5.74) is 3.55. The highest BCUT2D eigenvalue weighted by atomic mass is 32.2. The van der Waals surface area contributed by atoms with Gasteiger partial charge in [0.05, 0.1) is 6.26 Å². The number of rotatable bonds is 4. The SMILES string of the molecule is Cc1cc(C)c(CCN(C#Cc2cccc(F)c2)S(C)(=O)=O)[nH]1. The molecule has 0 spiro atoms. The topological polar surface area (TPSA) is 53.2 Å². The van der Waals surface area contributed by atoms with E-state index in [1.807, 2.05) is 19.9 Å². The number of hydrogen-bond donors (Lipinski definition) is 1. The van der Waals surface area contributed by atoms with Crippen molar-refractivity contribution in [2.75, 3.05) is 12.8 Å². The van der Waals surface area contributed by atoms with E-state index in [4.69, 9.17) is 0 Å². The number of aromatic nitrogens is 1. The van der Waals surface area contributed by atoms with Gasteiger partial charge in [0, 0.05) is 36.0 Å². The molecule has 0 unspecified atom stereocenters. The van der Waals surface area contributed by atoms with Crippen LogP contribution in [0.5, 0.6) is 0 Å². The third kappa shape index (κ3) is 4.86. The average Bonchev–Trinajstić information content (AvgIpc) is 2.75. The van der Waals surface area contributed by atoms with Gasteiger partial charge in [-0.3, -0.25) is 0 Å². The number of aryl methyl sites for hydroxylation is 2. The molecule has 6 heteroatoms. The Morgan fingerprint density at radius 1 is 1.26 bits per heavy atom. The van der Waals surface area contributed by atoms with Gasteiger partial charge in [0.15, 0.2) is 0 Å². The Kier molecular flexibility index (Phi) is 5.12. The molecule has 1 heterocycles. The molecule has 0 aliphatic rings. The maximum Gasteiger partial charge on any atom is 0.238 e. The number of hydrogen-bond acceptors (Lipinski definition) is 2. The van der Waals surface area contributed by atoms with Crippen molar-refractivity contribution in [1.29, 1.82) is 0 Å². The summed E-state index contributed by atoms with van der Waals surface area (Å²) in [7, 11) is -3.47. The first kappa shape index (κ1) is 17.1. The second-order valence-electron chi connectivity index (χ2n) is 5.45. The minimum atomic E-state index is -3.47. The van der Waals surface area contributed by atoms with E-state index < -0.39 is 15.8 Å². The molecule has 2 aromatic rings. The van der Waals surface area contributed by atoms with Gasteiger partial charge in [-0.1, -0.05) is 6.07 Å². The van der Waals surface area contributed by atoms with E-state index in [1.54, 1.807) is 6.07 Å². The fourth-order valence-electron chi connectivity index (χ4n) is 2.26. The summed E-state index contributed by atoms with van der Waals surface area (Å²) in [6.07, 6.45) is 1.64. The first-order chi connectivity index (χ1) is 10.8. The number of halogens is 1. The molecule has 23 heavy (non-hydrogen) atoms. The van der Waals surface area contributed by atoms with Gasteiger partial charge in [-0.15, -0.1) is 0 Å². The van der Waals surface area contributed by atoms with Crippen LogP contribution in [0.25, 0.3) is 0 Å². The van der Waals surface area contributed by atoms with Crippen molar-refractivity contribution in [3.8, 4) is 12.0 Å². The minimum absolute atomic E-state index is 0.238. The summed E-state index contributed by atoms with van der Waals surface area (Å²) in [4.78, 5) is 3.21. The molecule has 2 rings (SSSR count). The number of nitrogens with zero attached hydrogens (tertiary/aromatic N) is 1. The van der Waals surface area contributed by atoms with Crippen LogP contribution in [0, 0.1) is 31.6 Å². The second kappa shape index (κ2) is 6.88. The number of nitrogens with one attached hydrogen (secondary N) is 1. The summed E-state index contributed by atoms with van der Waals surface area (Å²) < 4.78 is 38.0. The smallest absolute Gasteiger partial charge is 0.238 e. The molecule has 1 N–H and O–H groups in total. The molecule has 122 valence electrons. The molecule has 0 amide bonds. The van der Waals surface area contributed by atoms with E-state index in [0.29, 0.717) is 12.0 Å². The van der Waals surface area contributed by atoms with Crippen LogP contribution in [0.3, 0.4) is 0 Å². The average molecular weight is 334 g/mol. The summed E-state index contributed by atoms with van der Waals surface area (Å²) in [6.45, 7) is 4.17. The molecule has 0 fully saturated rings. The third-order valence-corrected chi connectivity index (χ3v) is 4.45. The lowest BCUT2D eigenvalue weighted by Crippen LogP contribution is -2.27. The predicted octanol–water partition coefficient (Wildman–Crippen LogP) is 2.58. The highest BCUT2D eigenvalue weighted by Gasteiger charge is 2.13. The second-order valence-corrected chi connectivity index (χ2v) is 7.35. The van der Waals surface area contributed by atoms with Gasteiger partial charge in [-0.25, -0.2) is 17.1 Å². The van der Waals surface area contributed by atoms with Crippen molar-refractivity contribution in [2.45, 2.75) is 20.3 Å². The Balaban J connectivity index is 2.17. The molecule has 0 atom stereocenters. The van der Waals surface area contributed by atoms with Crippen LogP contribution in [-0.2, 0) is 16.4 Å². The quantitative estimate of drug-likeness (QED) is 0.690. The van der Waals surface area contributed by atoms with E-state index in [2.05, 4.69) is 16.9 Å². The lowest BCUT2D eigenvalue weighted by molar-refractivity contribution is 0.517. The maximum atomic E-state index is 13.1. The Labute approximate surface area is 136 Å². The van der Waals surface area contributed by atoms with Crippen LogP contribution in [0.1, 0.15) is 22.5 Å². The van der Waals surface area contributed by atoms with E-state index in [0.717, 1.165) is 27.5 Å². The van der Waals surface area contributed by atoms with Crippen LogP contribution >= 0.6 is 0 Å². The summed E-state index contributed by atoms with van der Waals surface area (Å²) >= 11 is 0. The van der Waals surface area contributed by atoms with Gasteiger partial charge in [0.2, 0.25) is 10.0 Å². The first-order valence-electron chi connectivity index (χ1n) is 7.16. The van der Waals surface area contributed by atoms with Gasteiger partial charge in [0.1, 0.15) is 5.82 Å². The van der Waals surface area contributed by atoms with Gasteiger partial charge in [-0.2, -0.15) is 0 Å². The van der Waals surface area contributed by atoms with Crippen LogP contribution < -0.4 is 0 Å². The molecular formula is C17H19FN2O2S. The molecule has 4 nitrogen and oxygen atoms in total. The van der Waals surface area contributed by atoms with E-state index in [-0.39, 0.29) is 6.54 Å². The largest absolute Gasteiger partial charge is 0.362 e. The molecule has 0 aliphatic carbocycles. The van der Waals surface area contributed by atoms with Crippen molar-refractivity contribution >= 4 is 10.0 Å². The molecule has 0 saturated carbocycles. The standard InChI is InChI=1S/C17H19FN2O2S/c1-13-11-14(2)19-17(13)8-10-20(23(3,21)22)9-7-15-5-4-6-16(18)12-15/h4-6,11-12,19H,8,10H2,1-3H3. The lowest BCUT2D eigenvalue weighted by Gasteiger charge is -2.14. The summed E-state index contributed by atoms with van der Waals surface area (Å²) in [5, 5.41) is 0. The Bertz CT molecular complexity index is 860. The monoisotopic (exact) mass is 334 g/mol. The van der Waals surface area contributed by atoms with Crippen molar-refractivity contribution in [3.63, 3.8) is 0 Å². The fourth-order valence-corrected chi connectivity index (χ4v) is 2.89. The van der Waals surface area contributed by atoms with E-state index in [9.17, 15) is 12.8 Å². The zero-order chi connectivity index (χ0) is 17.0. The van der Waals surface area contributed by atoms with Gasteiger partial charge < -0.3 is 4.98 Å². The Hall–Kier alpha value is -2.26. The van der Waals surface area contributed by atoms with Crippen LogP contribution in [0.4, 0.5) is 4.39 Å². The number of benzene rings is 1. The van der Waals surface area contributed by atoms with Crippen molar-refractivity contribution in [1.82, 2.24) is 9.29 Å². The summed E-state index contributed by atoms with van der Waals surface area (Å²) in [6, 6.07) is 10.4. The Morgan fingerprint density at radius 2 is 2.00 bits per heavy atom. The van der Waals surface area contributed by atoms with Crippen molar-refractivity contribution in [2.24, 2.45) is 0 Å². The van der Waals surface area contributed by atoms with Crippen molar-refractivity contribution < 1.29 is 12.8 Å². The molecular weight excluding hydrogens is 315 g/mol. The minimum Gasteiger partial charge on any atom is -0.362 e. The van der Waals surface area contributed by atoms with Gasteiger partial charge >= 0.3 is 0 Å². The molecule has 1 aromatic carbocycles. The number of aromatic amines is 1. The summed E-state index contributed by atoms with van der Waals surface area (Å²) in [5.74, 6) is 2.29. The van der Waals surface area contributed by atoms with E-state index in [1.165, 1.54) is 18.2 Å². The normalized spacial score (nSPS) is 11.0. The van der Waals surface area contributed by atoms with Crippen molar-refractivity contribution in [3.05, 3.63) is 58.7 Å². The highest BCUT2D eigenvalue weighted by Crippen LogP contribution is 2.11. The zero-order valence-corrected chi connectivity index (χ0v) is 14.2. The van der Waals surface area contributed by atoms with Crippen LogP contribution in [-0.4, -0.2) is 30.5 Å². The molecule has 0 saturated heterocycles. The number of H-pyrrole nitrogens is 1. The fraction of sp³-hybridized carbons (Fsp3) is 0.294.